The predicted octanol–water partition coefficient (Wildman–Crippen LogP) is 10.8. The maximum absolute atomic E-state index is 11.4. The fourth-order valence-electron chi connectivity index (χ4n) is 5.22. The van der Waals surface area contributed by atoms with E-state index in [1.807, 2.05) is 120 Å². The van der Waals surface area contributed by atoms with Crippen molar-refractivity contribution in [1.82, 2.24) is 49.8 Å². The van der Waals surface area contributed by atoms with Crippen LogP contribution in [-0.2, 0) is 0 Å². The zero-order chi connectivity index (χ0) is 53.8. The first-order chi connectivity index (χ1) is 35.0. The van der Waals surface area contributed by atoms with Gasteiger partial charge in [0, 0.05) is 16.7 Å². The lowest BCUT2D eigenvalue weighted by Crippen LogP contribution is -2.11. The molecule has 22 heteroatoms. The second kappa shape index (κ2) is 36.1. The fourth-order valence-corrected chi connectivity index (χ4v) is 5.89. The fraction of sp³-hybridized carbons (Fsp3) is 0.240. The van der Waals surface area contributed by atoms with Gasteiger partial charge in [0.05, 0.1) is 55.3 Å². The topological polar surface area (TPSA) is 244 Å². The second-order valence-electron chi connectivity index (χ2n) is 12.1. The van der Waals surface area contributed by atoms with E-state index in [0.717, 1.165) is 22.4 Å². The van der Waals surface area contributed by atoms with Crippen LogP contribution in [0.2, 0.25) is 15.5 Å². The summed E-state index contributed by atoms with van der Waals surface area (Å²) < 4.78 is 29.9. The molecule has 19 nitrogen and oxygen atoms in total. The number of H-pyrrole nitrogens is 2. The van der Waals surface area contributed by atoms with E-state index >= 15 is 0 Å². The molecule has 8 rings (SSSR count). The number of aromatic amines is 2. The Kier molecular flexibility index (Phi) is 31.2. The number of aromatic hydroxyl groups is 1. The van der Waals surface area contributed by atoms with Crippen molar-refractivity contribution in [3.05, 3.63) is 159 Å². The van der Waals surface area contributed by atoms with Crippen LogP contribution >= 0.6 is 34.8 Å². The van der Waals surface area contributed by atoms with Gasteiger partial charge < -0.3 is 43.5 Å². The molecule has 0 fully saturated rings. The number of nitrogens with one attached hydrogen (secondary N) is 2. The summed E-state index contributed by atoms with van der Waals surface area (Å²) in [5, 5.41) is 10.1. The monoisotopic (exact) mass is 1050 g/mol. The quantitative estimate of drug-likeness (QED) is 0.114. The molecule has 72 heavy (non-hydrogen) atoms. The van der Waals surface area contributed by atoms with Gasteiger partial charge in [-0.2, -0.15) is 9.97 Å². The molecule has 0 aliphatic rings. The first-order valence-electron chi connectivity index (χ1n) is 21.8. The summed E-state index contributed by atoms with van der Waals surface area (Å²) in [5.41, 5.74) is 3.34. The maximum Gasteiger partial charge on any atom is 0.293 e. The summed E-state index contributed by atoms with van der Waals surface area (Å²) in [6, 6.07) is 28.3. The number of methoxy groups -OCH3 is 6. The van der Waals surface area contributed by atoms with Crippen LogP contribution in [-0.4, -0.2) is 97.6 Å². The van der Waals surface area contributed by atoms with Crippen molar-refractivity contribution in [2.45, 2.75) is 41.5 Å². The number of rotatable bonds is 9. The molecule has 0 bridgehead atoms. The maximum atomic E-state index is 11.4. The lowest BCUT2D eigenvalue weighted by atomic mass is 10.1. The molecule has 3 N–H and O–H groups in total. The van der Waals surface area contributed by atoms with Gasteiger partial charge in [-0.3, -0.25) is 9.59 Å². The third-order valence-electron chi connectivity index (χ3n) is 8.20. The molecule has 5 heterocycles. The number of aromatic nitrogens is 10. The van der Waals surface area contributed by atoms with Crippen molar-refractivity contribution >= 4 is 34.8 Å². The molecule has 0 aliphatic heterocycles. The molecule has 8 aromatic rings. The minimum atomic E-state index is -0.529. The molecule has 0 radical (unpaired) electrons. The summed E-state index contributed by atoms with van der Waals surface area (Å²) in [4.78, 5) is 58.3. The van der Waals surface area contributed by atoms with E-state index in [2.05, 4.69) is 49.8 Å². The van der Waals surface area contributed by atoms with Crippen LogP contribution in [0.5, 0.6) is 40.5 Å². The van der Waals surface area contributed by atoms with Gasteiger partial charge in [-0.1, -0.05) is 167 Å². The number of hydrogen-bond donors (Lipinski definition) is 3. The van der Waals surface area contributed by atoms with Gasteiger partial charge in [0.2, 0.25) is 23.0 Å². The lowest BCUT2D eigenvalue weighted by molar-refractivity contribution is 0.341. The van der Waals surface area contributed by atoms with Gasteiger partial charge in [-0.25, -0.2) is 29.9 Å². The van der Waals surface area contributed by atoms with Crippen LogP contribution in [0.4, 0.5) is 0 Å². The van der Waals surface area contributed by atoms with Crippen molar-refractivity contribution in [1.29, 1.82) is 0 Å². The molecule has 0 saturated heterocycles. The van der Waals surface area contributed by atoms with Crippen molar-refractivity contribution < 1.29 is 33.5 Å². The van der Waals surface area contributed by atoms with E-state index in [0.29, 0.717) is 40.4 Å². The van der Waals surface area contributed by atoms with E-state index in [1.54, 1.807) is 26.4 Å². The number of hydrogen-bond acceptors (Lipinski definition) is 17. The minimum absolute atomic E-state index is 0.225. The third kappa shape index (κ3) is 19.1. The normalized spacial score (nSPS) is 9.21. The molecule has 384 valence electrons. The van der Waals surface area contributed by atoms with Crippen molar-refractivity contribution in [3.63, 3.8) is 0 Å². The zero-order valence-electron chi connectivity index (χ0n) is 42.0. The molecule has 0 spiro atoms. The smallest absolute Gasteiger partial charge is 0.293 e. The lowest BCUT2D eigenvalue weighted by Gasteiger charge is -2.10. The molecule has 0 atom stereocenters. The van der Waals surface area contributed by atoms with E-state index in [-0.39, 0.29) is 32.5 Å². The SMILES string of the molecule is CC.CC.CC.COc1c(-c2ccccc2)nc[nH]c1=O.COc1c(Cl)ncnc1Cl.COc1ncnc(-c2ccccc2)c1OC.COc1ncnc(Cl)c1OC.O=c1[nH]cnc(-c2ccccc2)c1O. The Morgan fingerprint density at radius 3 is 1.11 bits per heavy atom. The highest BCUT2D eigenvalue weighted by molar-refractivity contribution is 6.35. The first-order valence-corrected chi connectivity index (χ1v) is 22.9. The Balaban J connectivity index is 0.000000442. The van der Waals surface area contributed by atoms with E-state index in [1.165, 1.54) is 60.1 Å². The van der Waals surface area contributed by atoms with Gasteiger partial charge >= 0.3 is 0 Å². The summed E-state index contributed by atoms with van der Waals surface area (Å²) in [7, 11) is 9.01. The molecule has 0 unspecified atom stereocenters. The van der Waals surface area contributed by atoms with Crippen LogP contribution in [0.1, 0.15) is 41.5 Å². The Morgan fingerprint density at radius 2 is 0.722 bits per heavy atom. The van der Waals surface area contributed by atoms with Gasteiger partial charge in [0.25, 0.3) is 22.9 Å². The average molecular weight is 1050 g/mol. The van der Waals surface area contributed by atoms with Crippen LogP contribution < -0.4 is 39.5 Å². The summed E-state index contributed by atoms with van der Waals surface area (Å²) >= 11 is 16.8. The van der Waals surface area contributed by atoms with E-state index < -0.39 is 5.56 Å². The number of halogens is 3. The van der Waals surface area contributed by atoms with Crippen molar-refractivity contribution in [3.8, 4) is 74.3 Å². The second-order valence-corrected chi connectivity index (χ2v) is 13.2. The highest BCUT2D eigenvalue weighted by Crippen LogP contribution is 2.34. The summed E-state index contributed by atoms with van der Waals surface area (Å²) in [5.74, 6) is 1.89. The predicted molar refractivity (Wildman–Crippen MR) is 282 cm³/mol. The van der Waals surface area contributed by atoms with Crippen molar-refractivity contribution in [2.24, 2.45) is 0 Å². The Bertz CT molecular complexity index is 2830. The first kappa shape index (κ1) is 62.1. The van der Waals surface area contributed by atoms with Gasteiger partial charge in [-0.15, -0.1) is 0 Å². The highest BCUT2D eigenvalue weighted by atomic mass is 35.5. The summed E-state index contributed by atoms with van der Waals surface area (Å²) in [6.07, 6.45) is 6.68. The molecule has 0 aliphatic carbocycles. The number of benzene rings is 3. The molecule has 3 aromatic carbocycles. The van der Waals surface area contributed by atoms with E-state index in [4.69, 9.17) is 63.2 Å². The minimum Gasteiger partial charge on any atom is -0.502 e. The molecule has 0 amide bonds. The Hall–Kier alpha value is -7.87. The zero-order valence-corrected chi connectivity index (χ0v) is 44.2. The van der Waals surface area contributed by atoms with Crippen LogP contribution in [0.15, 0.2) is 132 Å². The highest BCUT2D eigenvalue weighted by Gasteiger charge is 2.14. The molecule has 0 saturated carbocycles. The largest absolute Gasteiger partial charge is 0.502 e. The number of nitrogens with zero attached hydrogens (tertiary/aromatic N) is 8. The molecular weight excluding hydrogens is 991 g/mol. The van der Waals surface area contributed by atoms with Crippen LogP contribution in [0.25, 0.3) is 33.8 Å². The van der Waals surface area contributed by atoms with Gasteiger partial charge in [0.15, 0.2) is 21.2 Å². The summed E-state index contributed by atoms with van der Waals surface area (Å²) in [6.45, 7) is 12.0. The Morgan fingerprint density at radius 1 is 0.389 bits per heavy atom. The average Bonchev–Trinajstić information content (AvgIpc) is 3.44. The van der Waals surface area contributed by atoms with Crippen LogP contribution in [0, 0.1) is 0 Å². The van der Waals surface area contributed by atoms with Crippen molar-refractivity contribution in [2.75, 3.05) is 42.7 Å². The van der Waals surface area contributed by atoms with E-state index in [9.17, 15) is 14.7 Å². The molecular formula is C50H59Cl3N10O9. The Labute approximate surface area is 433 Å². The molecule has 5 aromatic heterocycles. The standard InChI is InChI=1S/C12H12N2O2.C11H10N2O2.C10H8N2O2.C6H7ClN2O2.C5H4Cl2N2O.3C2H6/c1-15-11-10(9-6-4-3-5-7-9)13-8-14-12(11)16-2;1-15-10-9(12-7-13-11(10)14)8-5-3-2-4-6-8;13-9-8(11-6-12-10(9)14)7-4-2-1-3-5-7;1-10-4-5(7)8-3-9-6(4)11-2;1-10-3-4(6)8-2-9-5(3)7;3*1-2/h3-8H,1-2H3;2-7H,1H3,(H,12,13,14);1-6,13H,(H,11,12,14);3H,1-2H3;2H,1H3;3*1-2H3. The third-order valence-corrected chi connectivity index (χ3v) is 9.01. The number of ether oxygens (including phenoxy) is 6. The van der Waals surface area contributed by atoms with Gasteiger partial charge in [0.1, 0.15) is 36.1 Å². The van der Waals surface area contributed by atoms with Crippen LogP contribution in [0.3, 0.4) is 0 Å². The van der Waals surface area contributed by atoms with Gasteiger partial charge in [-0.05, 0) is 0 Å².